The summed E-state index contributed by atoms with van der Waals surface area (Å²) in [6.07, 6.45) is 1.51. The monoisotopic (exact) mass is 211 g/mol. The van der Waals surface area contributed by atoms with E-state index >= 15 is 0 Å². The maximum atomic E-state index is 8.89. The lowest BCUT2D eigenvalue weighted by atomic mass is 10.2. The normalized spacial score (nSPS) is 23.4. The van der Waals surface area contributed by atoms with Crippen LogP contribution in [0.3, 0.4) is 0 Å². The molecule has 1 aromatic rings. The molecule has 1 saturated heterocycles. The van der Waals surface area contributed by atoms with Crippen LogP contribution in [0.25, 0.3) is 0 Å². The lowest BCUT2D eigenvalue weighted by molar-refractivity contribution is 0.229. The van der Waals surface area contributed by atoms with Crippen LogP contribution in [-0.4, -0.2) is 47.7 Å². The van der Waals surface area contributed by atoms with Crippen molar-refractivity contribution in [2.45, 2.75) is 19.6 Å². The minimum absolute atomic E-state index is 0.0627. The number of likely N-dealkylation sites (N-methyl/N-ethyl adjacent to an activating group) is 1. The highest BCUT2D eigenvalue weighted by atomic mass is 16.4. The summed E-state index contributed by atoms with van der Waals surface area (Å²) in [5.41, 5.74) is 0.594. The molecule has 0 amide bonds. The van der Waals surface area contributed by atoms with Crippen LogP contribution in [0.5, 0.6) is 0 Å². The van der Waals surface area contributed by atoms with Crippen LogP contribution >= 0.6 is 0 Å². The van der Waals surface area contributed by atoms with Crippen LogP contribution in [0.4, 0.5) is 6.01 Å². The number of nitrogens with zero attached hydrogens (tertiary/aromatic N) is 3. The molecule has 5 heteroatoms. The first-order valence-electron chi connectivity index (χ1n) is 5.21. The first-order valence-corrected chi connectivity index (χ1v) is 5.21. The topological polar surface area (TPSA) is 52.7 Å². The molecule has 0 aromatic carbocycles. The fourth-order valence-electron chi connectivity index (χ4n) is 1.74. The first kappa shape index (κ1) is 10.4. The van der Waals surface area contributed by atoms with E-state index in [0.717, 1.165) is 19.6 Å². The number of piperazine rings is 1. The van der Waals surface area contributed by atoms with Gasteiger partial charge in [-0.1, -0.05) is 0 Å². The van der Waals surface area contributed by atoms with Crippen LogP contribution < -0.4 is 4.90 Å². The molecular weight excluding hydrogens is 194 g/mol. The van der Waals surface area contributed by atoms with Crippen LogP contribution in [0.15, 0.2) is 10.7 Å². The lowest BCUT2D eigenvalue weighted by Gasteiger charge is -2.36. The molecule has 0 radical (unpaired) electrons. The van der Waals surface area contributed by atoms with E-state index in [1.54, 1.807) is 0 Å². The number of hydrogen-bond acceptors (Lipinski definition) is 5. The van der Waals surface area contributed by atoms with Gasteiger partial charge in [-0.05, 0) is 14.0 Å². The molecule has 1 N–H and O–H groups in total. The van der Waals surface area contributed by atoms with E-state index < -0.39 is 0 Å². The van der Waals surface area contributed by atoms with Gasteiger partial charge in [-0.15, -0.1) is 0 Å². The Labute approximate surface area is 89.3 Å². The van der Waals surface area contributed by atoms with Crippen molar-refractivity contribution < 1.29 is 9.52 Å². The predicted molar refractivity (Wildman–Crippen MR) is 56.7 cm³/mol. The van der Waals surface area contributed by atoms with Gasteiger partial charge in [0.2, 0.25) is 0 Å². The average molecular weight is 211 g/mol. The van der Waals surface area contributed by atoms with Crippen molar-refractivity contribution in [1.29, 1.82) is 0 Å². The van der Waals surface area contributed by atoms with Crippen LogP contribution in [-0.2, 0) is 6.61 Å². The van der Waals surface area contributed by atoms with E-state index in [1.165, 1.54) is 6.26 Å². The number of aliphatic hydroxyl groups excluding tert-OH is 1. The molecule has 1 aromatic heterocycles. The van der Waals surface area contributed by atoms with Crippen molar-refractivity contribution in [3.05, 3.63) is 12.0 Å². The molecule has 15 heavy (non-hydrogen) atoms. The Morgan fingerprint density at radius 2 is 2.40 bits per heavy atom. The molecule has 0 bridgehead atoms. The number of rotatable bonds is 2. The van der Waals surface area contributed by atoms with Crippen molar-refractivity contribution in [3.63, 3.8) is 0 Å². The third-order valence-corrected chi connectivity index (χ3v) is 2.93. The third-order valence-electron chi connectivity index (χ3n) is 2.93. The summed E-state index contributed by atoms with van der Waals surface area (Å²) in [5, 5.41) is 8.89. The zero-order chi connectivity index (χ0) is 10.8. The van der Waals surface area contributed by atoms with Gasteiger partial charge >= 0.3 is 0 Å². The maximum Gasteiger partial charge on any atom is 0.297 e. The largest absolute Gasteiger partial charge is 0.432 e. The van der Waals surface area contributed by atoms with E-state index in [2.05, 4.69) is 28.8 Å². The highest BCUT2D eigenvalue weighted by molar-refractivity contribution is 5.28. The van der Waals surface area contributed by atoms with E-state index in [1.807, 2.05) is 0 Å². The Morgan fingerprint density at radius 1 is 1.60 bits per heavy atom. The molecule has 2 rings (SSSR count). The molecular formula is C10H17N3O2. The van der Waals surface area contributed by atoms with Crippen molar-refractivity contribution in [3.8, 4) is 0 Å². The Kier molecular flexibility index (Phi) is 2.93. The van der Waals surface area contributed by atoms with Crippen molar-refractivity contribution >= 4 is 6.01 Å². The number of aromatic nitrogens is 1. The van der Waals surface area contributed by atoms with Gasteiger partial charge < -0.3 is 19.3 Å². The van der Waals surface area contributed by atoms with Gasteiger partial charge in [0.15, 0.2) is 0 Å². The van der Waals surface area contributed by atoms with Gasteiger partial charge in [-0.2, -0.15) is 4.98 Å². The SMILES string of the molecule is CC1CN(c2nc(CO)co2)CCN1C. The summed E-state index contributed by atoms with van der Waals surface area (Å²) >= 11 is 0. The van der Waals surface area contributed by atoms with Gasteiger partial charge in [0, 0.05) is 25.7 Å². The molecule has 84 valence electrons. The quantitative estimate of drug-likeness (QED) is 0.763. The molecule has 1 aliphatic heterocycles. The summed E-state index contributed by atoms with van der Waals surface area (Å²) < 4.78 is 5.31. The lowest BCUT2D eigenvalue weighted by Crippen LogP contribution is -2.50. The van der Waals surface area contributed by atoms with Gasteiger partial charge in [0.25, 0.3) is 6.01 Å². The molecule has 0 saturated carbocycles. The predicted octanol–water partition coefficient (Wildman–Crippen LogP) is 0.307. The fourth-order valence-corrected chi connectivity index (χ4v) is 1.74. The fraction of sp³-hybridized carbons (Fsp3) is 0.700. The first-order chi connectivity index (χ1) is 7.20. The highest BCUT2D eigenvalue weighted by Crippen LogP contribution is 2.17. The molecule has 0 aliphatic carbocycles. The van der Waals surface area contributed by atoms with Crippen molar-refractivity contribution in [2.75, 3.05) is 31.6 Å². The zero-order valence-corrected chi connectivity index (χ0v) is 9.18. The van der Waals surface area contributed by atoms with Gasteiger partial charge in [0.05, 0.1) is 6.61 Å². The molecule has 1 aliphatic rings. The third kappa shape index (κ3) is 2.13. The molecule has 2 heterocycles. The second kappa shape index (κ2) is 4.20. The van der Waals surface area contributed by atoms with Crippen LogP contribution in [0, 0.1) is 0 Å². The molecule has 1 unspecified atom stereocenters. The number of hydrogen-bond donors (Lipinski definition) is 1. The van der Waals surface area contributed by atoms with Crippen LogP contribution in [0.1, 0.15) is 12.6 Å². The summed E-state index contributed by atoms with van der Waals surface area (Å²) in [7, 11) is 2.12. The standard InChI is InChI=1S/C10H17N3O2/c1-8-5-13(4-3-12(8)2)10-11-9(6-14)7-15-10/h7-8,14H,3-6H2,1-2H3. The zero-order valence-electron chi connectivity index (χ0n) is 9.18. The van der Waals surface area contributed by atoms with Crippen molar-refractivity contribution in [2.24, 2.45) is 0 Å². The highest BCUT2D eigenvalue weighted by Gasteiger charge is 2.23. The smallest absolute Gasteiger partial charge is 0.297 e. The summed E-state index contributed by atoms with van der Waals surface area (Å²) in [4.78, 5) is 8.63. The summed E-state index contributed by atoms with van der Waals surface area (Å²) in [6.45, 7) is 4.97. The second-order valence-corrected chi connectivity index (χ2v) is 4.06. The Bertz CT molecular complexity index is 326. The maximum absolute atomic E-state index is 8.89. The van der Waals surface area contributed by atoms with E-state index in [9.17, 15) is 0 Å². The molecule has 0 spiro atoms. The number of anilines is 1. The number of aliphatic hydroxyl groups is 1. The Morgan fingerprint density at radius 3 is 3.00 bits per heavy atom. The summed E-state index contributed by atoms with van der Waals surface area (Å²) in [5.74, 6) is 0. The van der Waals surface area contributed by atoms with Gasteiger partial charge in [-0.25, -0.2) is 0 Å². The van der Waals surface area contributed by atoms with Crippen molar-refractivity contribution in [1.82, 2.24) is 9.88 Å². The van der Waals surface area contributed by atoms with Crippen LogP contribution in [0.2, 0.25) is 0 Å². The number of oxazole rings is 1. The minimum Gasteiger partial charge on any atom is -0.432 e. The molecule has 1 fully saturated rings. The van der Waals surface area contributed by atoms with E-state index in [0.29, 0.717) is 17.8 Å². The Hall–Kier alpha value is -1.07. The molecule has 1 atom stereocenters. The Balaban J connectivity index is 2.05. The van der Waals surface area contributed by atoms with E-state index in [-0.39, 0.29) is 6.61 Å². The summed E-state index contributed by atoms with van der Waals surface area (Å²) in [6, 6.07) is 1.13. The van der Waals surface area contributed by atoms with E-state index in [4.69, 9.17) is 9.52 Å². The molecule has 5 nitrogen and oxygen atoms in total. The second-order valence-electron chi connectivity index (χ2n) is 4.06. The minimum atomic E-state index is -0.0627. The van der Waals surface area contributed by atoms with Gasteiger partial charge in [-0.3, -0.25) is 0 Å². The van der Waals surface area contributed by atoms with Gasteiger partial charge in [0.1, 0.15) is 12.0 Å². The average Bonchev–Trinajstić information content (AvgIpc) is 2.70.